The Hall–Kier alpha value is -1.80. The van der Waals surface area contributed by atoms with Gasteiger partial charge in [-0.1, -0.05) is 42.5 Å². The number of likely N-dealkylation sites (N-methyl/N-ethyl adjacent to an activating group) is 1. The molecule has 0 saturated heterocycles. The van der Waals surface area contributed by atoms with Crippen molar-refractivity contribution in [2.24, 2.45) is 0 Å². The van der Waals surface area contributed by atoms with Gasteiger partial charge in [0.1, 0.15) is 0 Å². The standard InChI is InChI=1S/C24H34N2/c1-6-26-17-15-21(22-12-7-8-13-23(22)26)20-11-9-10-19(18-20)14-16-25(5)24(2,3)4/h7-13,18,21H,6,14-17H2,1-5H3. The summed E-state index contributed by atoms with van der Waals surface area (Å²) in [6.07, 6.45) is 2.31. The molecule has 2 aromatic carbocycles. The first-order valence-corrected chi connectivity index (χ1v) is 10.0. The molecule has 140 valence electrons. The lowest BCUT2D eigenvalue weighted by Crippen LogP contribution is -2.39. The minimum absolute atomic E-state index is 0.226. The van der Waals surface area contributed by atoms with Crippen molar-refractivity contribution in [1.82, 2.24) is 4.90 Å². The molecular formula is C24H34N2. The highest BCUT2D eigenvalue weighted by Gasteiger charge is 2.25. The van der Waals surface area contributed by atoms with Crippen LogP contribution in [0.1, 0.15) is 56.7 Å². The number of anilines is 1. The number of para-hydroxylation sites is 1. The highest BCUT2D eigenvalue weighted by molar-refractivity contribution is 5.59. The summed E-state index contributed by atoms with van der Waals surface area (Å²) < 4.78 is 0. The van der Waals surface area contributed by atoms with Crippen LogP contribution in [0.2, 0.25) is 0 Å². The Labute approximate surface area is 159 Å². The molecule has 1 atom stereocenters. The van der Waals surface area contributed by atoms with Crippen molar-refractivity contribution in [2.45, 2.75) is 52.0 Å². The molecular weight excluding hydrogens is 316 g/mol. The molecule has 0 N–H and O–H groups in total. The minimum Gasteiger partial charge on any atom is -0.372 e. The van der Waals surface area contributed by atoms with Gasteiger partial charge in [0.2, 0.25) is 0 Å². The summed E-state index contributed by atoms with van der Waals surface area (Å²) in [6.45, 7) is 12.4. The molecule has 0 bridgehead atoms. The first-order chi connectivity index (χ1) is 12.4. The van der Waals surface area contributed by atoms with E-state index >= 15 is 0 Å². The molecule has 0 radical (unpaired) electrons. The fourth-order valence-electron chi connectivity index (χ4n) is 3.90. The maximum absolute atomic E-state index is 2.51. The van der Waals surface area contributed by atoms with E-state index in [2.05, 4.69) is 93.1 Å². The van der Waals surface area contributed by atoms with Gasteiger partial charge in [0, 0.05) is 36.8 Å². The highest BCUT2D eigenvalue weighted by Crippen LogP contribution is 2.39. The van der Waals surface area contributed by atoms with E-state index in [9.17, 15) is 0 Å². The summed E-state index contributed by atoms with van der Waals surface area (Å²) in [7, 11) is 2.22. The summed E-state index contributed by atoms with van der Waals surface area (Å²) in [6, 6.07) is 18.3. The first kappa shape index (κ1) is 19.0. The van der Waals surface area contributed by atoms with E-state index in [1.54, 1.807) is 0 Å². The molecule has 1 aliphatic heterocycles. The van der Waals surface area contributed by atoms with E-state index in [-0.39, 0.29) is 5.54 Å². The molecule has 2 aromatic rings. The number of nitrogens with zero attached hydrogens (tertiary/aromatic N) is 2. The van der Waals surface area contributed by atoms with E-state index in [1.165, 1.54) is 28.8 Å². The number of hydrogen-bond donors (Lipinski definition) is 0. The SMILES string of the molecule is CCN1CCC(c2cccc(CCN(C)C(C)(C)C)c2)c2ccccc21. The van der Waals surface area contributed by atoms with Crippen molar-refractivity contribution in [3.8, 4) is 0 Å². The zero-order valence-electron chi connectivity index (χ0n) is 17.1. The number of rotatable bonds is 5. The van der Waals surface area contributed by atoms with Gasteiger partial charge < -0.3 is 9.80 Å². The van der Waals surface area contributed by atoms with Crippen LogP contribution in [0.4, 0.5) is 5.69 Å². The van der Waals surface area contributed by atoms with Crippen LogP contribution in [0.25, 0.3) is 0 Å². The number of hydrogen-bond acceptors (Lipinski definition) is 2. The van der Waals surface area contributed by atoms with Crippen molar-refractivity contribution in [3.05, 3.63) is 65.2 Å². The normalized spacial score (nSPS) is 17.5. The Bertz CT molecular complexity index is 729. The molecule has 0 aliphatic carbocycles. The van der Waals surface area contributed by atoms with Crippen LogP contribution in [-0.4, -0.2) is 37.1 Å². The smallest absolute Gasteiger partial charge is 0.0404 e. The number of benzene rings is 2. The van der Waals surface area contributed by atoms with Crippen LogP contribution in [0.15, 0.2) is 48.5 Å². The third-order valence-corrected chi connectivity index (χ3v) is 5.96. The highest BCUT2D eigenvalue weighted by atomic mass is 15.1. The van der Waals surface area contributed by atoms with Gasteiger partial charge in [-0.2, -0.15) is 0 Å². The molecule has 2 heteroatoms. The Morgan fingerprint density at radius 3 is 2.58 bits per heavy atom. The molecule has 26 heavy (non-hydrogen) atoms. The van der Waals surface area contributed by atoms with Crippen molar-refractivity contribution in [1.29, 1.82) is 0 Å². The van der Waals surface area contributed by atoms with Gasteiger partial charge in [0.25, 0.3) is 0 Å². The van der Waals surface area contributed by atoms with Gasteiger partial charge in [-0.25, -0.2) is 0 Å². The Balaban J connectivity index is 1.80. The van der Waals surface area contributed by atoms with Crippen molar-refractivity contribution in [3.63, 3.8) is 0 Å². The maximum atomic E-state index is 2.51. The lowest BCUT2D eigenvalue weighted by molar-refractivity contribution is 0.178. The molecule has 0 amide bonds. The zero-order valence-corrected chi connectivity index (χ0v) is 17.1. The molecule has 0 fully saturated rings. The van der Waals surface area contributed by atoms with Gasteiger partial charge in [0.05, 0.1) is 0 Å². The van der Waals surface area contributed by atoms with Gasteiger partial charge in [-0.05, 0) is 70.3 Å². The fraction of sp³-hybridized carbons (Fsp3) is 0.500. The molecule has 1 unspecified atom stereocenters. The molecule has 2 nitrogen and oxygen atoms in total. The summed E-state index contributed by atoms with van der Waals surface area (Å²) in [4.78, 5) is 4.95. The van der Waals surface area contributed by atoms with Crippen LogP contribution in [0.3, 0.4) is 0 Å². The topological polar surface area (TPSA) is 6.48 Å². The second kappa shape index (κ2) is 7.84. The van der Waals surface area contributed by atoms with Crippen LogP contribution in [-0.2, 0) is 6.42 Å². The van der Waals surface area contributed by atoms with Gasteiger partial charge in [0.15, 0.2) is 0 Å². The molecule has 1 aliphatic rings. The van der Waals surface area contributed by atoms with E-state index < -0.39 is 0 Å². The van der Waals surface area contributed by atoms with E-state index in [4.69, 9.17) is 0 Å². The monoisotopic (exact) mass is 350 g/mol. The predicted molar refractivity (Wildman–Crippen MR) is 113 cm³/mol. The first-order valence-electron chi connectivity index (χ1n) is 10.0. The maximum Gasteiger partial charge on any atom is 0.0404 e. The second-order valence-corrected chi connectivity index (χ2v) is 8.57. The summed E-state index contributed by atoms with van der Waals surface area (Å²) >= 11 is 0. The Morgan fingerprint density at radius 1 is 1.08 bits per heavy atom. The molecule has 0 spiro atoms. The Kier molecular flexibility index (Phi) is 5.72. The average Bonchev–Trinajstić information content (AvgIpc) is 2.64. The van der Waals surface area contributed by atoms with E-state index in [1.807, 2.05) is 0 Å². The average molecular weight is 351 g/mol. The van der Waals surface area contributed by atoms with Gasteiger partial charge in [-0.3, -0.25) is 0 Å². The summed E-state index contributed by atoms with van der Waals surface area (Å²) in [5.74, 6) is 0.522. The zero-order chi connectivity index (χ0) is 18.7. The largest absolute Gasteiger partial charge is 0.372 e. The van der Waals surface area contributed by atoms with E-state index in [0.717, 1.165) is 26.1 Å². The van der Waals surface area contributed by atoms with E-state index in [0.29, 0.717) is 5.92 Å². The lowest BCUT2D eigenvalue weighted by atomic mass is 9.83. The second-order valence-electron chi connectivity index (χ2n) is 8.57. The van der Waals surface area contributed by atoms with Crippen molar-refractivity contribution < 1.29 is 0 Å². The van der Waals surface area contributed by atoms with Gasteiger partial charge in [-0.15, -0.1) is 0 Å². The lowest BCUT2D eigenvalue weighted by Gasteiger charge is -2.35. The molecule has 1 heterocycles. The quantitative estimate of drug-likeness (QED) is 0.720. The van der Waals surface area contributed by atoms with Crippen LogP contribution < -0.4 is 4.90 Å². The molecule has 0 saturated carbocycles. The summed E-state index contributed by atoms with van der Waals surface area (Å²) in [5, 5.41) is 0. The van der Waals surface area contributed by atoms with Crippen LogP contribution in [0, 0.1) is 0 Å². The third kappa shape index (κ3) is 4.12. The summed E-state index contributed by atoms with van der Waals surface area (Å²) in [5.41, 5.74) is 6.07. The van der Waals surface area contributed by atoms with Gasteiger partial charge >= 0.3 is 0 Å². The van der Waals surface area contributed by atoms with Crippen LogP contribution in [0.5, 0.6) is 0 Å². The Morgan fingerprint density at radius 2 is 1.85 bits per heavy atom. The minimum atomic E-state index is 0.226. The predicted octanol–water partition coefficient (Wildman–Crippen LogP) is 5.32. The number of fused-ring (bicyclic) bond motifs is 1. The fourth-order valence-corrected chi connectivity index (χ4v) is 3.90. The van der Waals surface area contributed by atoms with Crippen molar-refractivity contribution in [2.75, 3.05) is 31.6 Å². The third-order valence-electron chi connectivity index (χ3n) is 5.96. The van der Waals surface area contributed by atoms with Crippen molar-refractivity contribution >= 4 is 5.69 Å². The molecule has 0 aromatic heterocycles. The van der Waals surface area contributed by atoms with Crippen LogP contribution >= 0.6 is 0 Å². The molecule has 3 rings (SSSR count).